The van der Waals surface area contributed by atoms with Crippen molar-refractivity contribution < 1.29 is 9.64 Å². The van der Waals surface area contributed by atoms with Crippen molar-refractivity contribution in [2.45, 2.75) is 32.4 Å². The van der Waals surface area contributed by atoms with Crippen molar-refractivity contribution in [2.24, 2.45) is 0 Å². The smallest absolute Gasteiger partial charge is 0.187 e. The van der Waals surface area contributed by atoms with Crippen molar-refractivity contribution in [3.05, 3.63) is 38.7 Å². The number of thiophene rings is 2. The first kappa shape index (κ1) is 16.6. The van der Waals surface area contributed by atoms with Crippen LogP contribution in [0.15, 0.2) is 17.5 Å². The predicted molar refractivity (Wildman–Crippen MR) is 106 cm³/mol. The van der Waals surface area contributed by atoms with E-state index < -0.39 is 0 Å². The van der Waals surface area contributed by atoms with E-state index in [9.17, 15) is 0 Å². The Morgan fingerprint density at radius 1 is 1.19 bits per heavy atom. The fraction of sp³-hybridized carbons (Fsp3) is 0.474. The molecule has 4 heterocycles. The molecule has 0 aromatic carbocycles. The van der Waals surface area contributed by atoms with E-state index in [1.54, 1.807) is 11.3 Å². The van der Waals surface area contributed by atoms with E-state index in [0.29, 0.717) is 0 Å². The molecule has 136 valence electrons. The van der Waals surface area contributed by atoms with Crippen LogP contribution in [0.3, 0.4) is 0 Å². The second-order valence-electron chi connectivity index (χ2n) is 7.00. The van der Waals surface area contributed by atoms with Crippen LogP contribution in [0.25, 0.3) is 10.2 Å². The third-order valence-corrected chi connectivity index (χ3v) is 7.29. The van der Waals surface area contributed by atoms with Gasteiger partial charge in [0, 0.05) is 9.75 Å². The Balaban J connectivity index is 1.48. The first-order valence-corrected chi connectivity index (χ1v) is 11.0. The highest BCUT2D eigenvalue weighted by Gasteiger charge is 2.24. The molecule has 0 radical (unpaired) electrons. The summed E-state index contributed by atoms with van der Waals surface area (Å²) in [5.74, 6) is 1.99. The van der Waals surface area contributed by atoms with E-state index in [-0.39, 0.29) is 0 Å². The Kier molecular flexibility index (Phi) is 4.62. The molecule has 2 aliphatic rings. The number of nitrogens with zero attached hydrogens (tertiary/aromatic N) is 2. The molecular formula is C19H23N4OS2+. The van der Waals surface area contributed by atoms with Gasteiger partial charge in [-0.1, -0.05) is 6.07 Å². The Labute approximate surface area is 161 Å². The van der Waals surface area contributed by atoms with Gasteiger partial charge in [0.1, 0.15) is 30.3 Å². The monoisotopic (exact) mass is 387 g/mol. The predicted octanol–water partition coefficient (Wildman–Crippen LogP) is 2.27. The molecule has 0 saturated carbocycles. The summed E-state index contributed by atoms with van der Waals surface area (Å²) < 4.78 is 5.48. The minimum atomic E-state index is 0.832. The average molecular weight is 388 g/mol. The number of rotatable bonds is 5. The van der Waals surface area contributed by atoms with Gasteiger partial charge in [-0.3, -0.25) is 0 Å². The molecule has 7 heteroatoms. The van der Waals surface area contributed by atoms with Crippen LogP contribution in [0.1, 0.15) is 27.6 Å². The lowest BCUT2D eigenvalue weighted by Crippen LogP contribution is -3.12. The third kappa shape index (κ3) is 3.24. The summed E-state index contributed by atoms with van der Waals surface area (Å²) >= 11 is 3.66. The van der Waals surface area contributed by atoms with Gasteiger partial charge in [-0.2, -0.15) is 0 Å². The standard InChI is InChI=1S/C19H22N4OS2/c1-4-14-15(5-1)26-19-17(14)18(20-11-13-3-2-10-25-13)21-16(22-19)12-23-6-8-24-9-7-23/h2-3,10H,1,4-9,11-12H2,(H,20,21,22)/p+1. The third-order valence-electron chi connectivity index (χ3n) is 5.23. The van der Waals surface area contributed by atoms with E-state index >= 15 is 0 Å². The zero-order valence-corrected chi connectivity index (χ0v) is 16.3. The molecule has 0 atom stereocenters. The van der Waals surface area contributed by atoms with Crippen LogP contribution in [-0.4, -0.2) is 36.3 Å². The quantitative estimate of drug-likeness (QED) is 0.705. The lowest BCUT2D eigenvalue weighted by molar-refractivity contribution is -0.922. The lowest BCUT2D eigenvalue weighted by atomic mass is 10.2. The number of nitrogens with one attached hydrogen (secondary N) is 2. The van der Waals surface area contributed by atoms with Gasteiger partial charge in [0.25, 0.3) is 0 Å². The highest BCUT2D eigenvalue weighted by molar-refractivity contribution is 7.19. The van der Waals surface area contributed by atoms with Gasteiger partial charge in [-0.25, -0.2) is 9.97 Å². The number of aryl methyl sites for hydroxylation is 2. The van der Waals surface area contributed by atoms with Crippen LogP contribution >= 0.6 is 22.7 Å². The van der Waals surface area contributed by atoms with Crippen molar-refractivity contribution in [1.82, 2.24) is 9.97 Å². The van der Waals surface area contributed by atoms with Gasteiger partial charge in [-0.15, -0.1) is 22.7 Å². The van der Waals surface area contributed by atoms with E-state index in [1.165, 1.54) is 49.7 Å². The van der Waals surface area contributed by atoms with Gasteiger partial charge in [-0.05, 0) is 36.3 Å². The summed E-state index contributed by atoms with van der Waals surface area (Å²) in [4.78, 5) is 15.5. The van der Waals surface area contributed by atoms with E-state index in [1.807, 2.05) is 11.3 Å². The van der Waals surface area contributed by atoms with Gasteiger partial charge in [0.05, 0.1) is 25.1 Å². The summed E-state index contributed by atoms with van der Waals surface area (Å²) in [6.07, 6.45) is 3.63. The van der Waals surface area contributed by atoms with Crippen molar-refractivity contribution in [1.29, 1.82) is 0 Å². The van der Waals surface area contributed by atoms with Crippen LogP contribution in [-0.2, 0) is 30.7 Å². The number of hydrogen-bond acceptors (Lipinski definition) is 6. The second-order valence-corrected chi connectivity index (χ2v) is 9.11. The van der Waals surface area contributed by atoms with Gasteiger partial charge < -0.3 is 15.0 Å². The number of morpholine rings is 1. The Morgan fingerprint density at radius 3 is 2.96 bits per heavy atom. The first-order valence-electron chi connectivity index (χ1n) is 9.35. The van der Waals surface area contributed by atoms with E-state index in [4.69, 9.17) is 14.7 Å². The zero-order chi connectivity index (χ0) is 17.3. The number of hydrogen-bond donors (Lipinski definition) is 2. The van der Waals surface area contributed by atoms with Crippen molar-refractivity contribution in [2.75, 3.05) is 31.6 Å². The Morgan fingerprint density at radius 2 is 2.12 bits per heavy atom. The van der Waals surface area contributed by atoms with Crippen LogP contribution in [0.4, 0.5) is 5.82 Å². The number of anilines is 1. The van der Waals surface area contributed by atoms with E-state index in [2.05, 4.69) is 22.8 Å². The number of fused-ring (bicyclic) bond motifs is 3. The molecule has 0 amide bonds. The zero-order valence-electron chi connectivity index (χ0n) is 14.7. The average Bonchev–Trinajstić information content (AvgIpc) is 3.37. The number of ether oxygens (including phenoxy) is 1. The molecule has 0 unspecified atom stereocenters. The van der Waals surface area contributed by atoms with Crippen LogP contribution < -0.4 is 10.2 Å². The van der Waals surface area contributed by atoms with Gasteiger partial charge in [0.2, 0.25) is 0 Å². The highest BCUT2D eigenvalue weighted by atomic mass is 32.1. The summed E-state index contributed by atoms with van der Waals surface area (Å²) in [5, 5.41) is 7.02. The topological polar surface area (TPSA) is 51.5 Å². The molecule has 0 bridgehead atoms. The van der Waals surface area contributed by atoms with Crippen molar-refractivity contribution in [3.63, 3.8) is 0 Å². The van der Waals surface area contributed by atoms with Crippen molar-refractivity contribution >= 4 is 38.7 Å². The molecule has 3 aromatic heterocycles. The maximum atomic E-state index is 5.48. The SMILES string of the molecule is c1csc(CNc2nc(C[NH+]3CCOCC3)nc3sc4c(c23)CCC4)c1. The Hall–Kier alpha value is -1.54. The normalized spacial score (nSPS) is 17.7. The fourth-order valence-electron chi connectivity index (χ4n) is 3.89. The number of aromatic nitrogens is 2. The highest BCUT2D eigenvalue weighted by Crippen LogP contribution is 2.39. The molecule has 1 fully saturated rings. The second kappa shape index (κ2) is 7.23. The maximum absolute atomic E-state index is 5.48. The molecule has 5 rings (SSSR count). The largest absolute Gasteiger partial charge is 0.370 e. The lowest BCUT2D eigenvalue weighted by Gasteiger charge is -2.23. The molecule has 3 aromatic rings. The molecule has 5 nitrogen and oxygen atoms in total. The molecule has 2 N–H and O–H groups in total. The van der Waals surface area contributed by atoms with Crippen LogP contribution in [0, 0.1) is 0 Å². The fourth-order valence-corrected chi connectivity index (χ4v) is 5.82. The van der Waals surface area contributed by atoms with Crippen LogP contribution in [0.2, 0.25) is 0 Å². The molecule has 0 spiro atoms. The Bertz CT molecular complexity index is 900. The molecule has 26 heavy (non-hydrogen) atoms. The van der Waals surface area contributed by atoms with E-state index in [0.717, 1.165) is 51.0 Å². The maximum Gasteiger partial charge on any atom is 0.187 e. The minimum absolute atomic E-state index is 0.832. The van der Waals surface area contributed by atoms with Gasteiger partial charge in [0.15, 0.2) is 5.82 Å². The van der Waals surface area contributed by atoms with Crippen LogP contribution in [0.5, 0.6) is 0 Å². The molecule has 1 aliphatic carbocycles. The first-order chi connectivity index (χ1) is 12.9. The molecule has 1 aliphatic heterocycles. The molecular weight excluding hydrogens is 364 g/mol. The summed E-state index contributed by atoms with van der Waals surface area (Å²) in [5.41, 5.74) is 1.49. The summed E-state index contributed by atoms with van der Waals surface area (Å²) in [6.45, 7) is 5.48. The minimum Gasteiger partial charge on any atom is -0.370 e. The summed E-state index contributed by atoms with van der Waals surface area (Å²) in [6, 6.07) is 4.28. The molecule has 1 saturated heterocycles. The van der Waals surface area contributed by atoms with Gasteiger partial charge >= 0.3 is 0 Å². The van der Waals surface area contributed by atoms with Crippen molar-refractivity contribution in [3.8, 4) is 0 Å². The summed E-state index contributed by atoms with van der Waals surface area (Å²) in [7, 11) is 0. The number of quaternary nitrogens is 1.